The Hall–Kier alpha value is -2.58. The lowest BCUT2D eigenvalue weighted by molar-refractivity contribution is -0.144. The van der Waals surface area contributed by atoms with Gasteiger partial charge in [-0.2, -0.15) is 0 Å². The van der Waals surface area contributed by atoms with Crippen LogP contribution in [0.5, 0.6) is 0 Å². The van der Waals surface area contributed by atoms with Gasteiger partial charge in [0.15, 0.2) is 0 Å². The van der Waals surface area contributed by atoms with Crippen molar-refractivity contribution in [1.82, 2.24) is 10.3 Å². The van der Waals surface area contributed by atoms with Gasteiger partial charge in [-0.15, -0.1) is 23.1 Å². The topological polar surface area (TPSA) is 88.5 Å². The summed E-state index contributed by atoms with van der Waals surface area (Å²) in [7, 11) is 0. The summed E-state index contributed by atoms with van der Waals surface area (Å²) in [5.74, 6) is -1.01. The van der Waals surface area contributed by atoms with E-state index < -0.39 is 23.3 Å². The first kappa shape index (κ1) is 21.6. The highest BCUT2D eigenvalue weighted by molar-refractivity contribution is 8.03. The molecular weight excluding hydrogens is 432 g/mol. The normalized spacial score (nSPS) is 21.3. The van der Waals surface area contributed by atoms with Gasteiger partial charge in [-0.1, -0.05) is 45.1 Å². The third-order valence-electron chi connectivity index (χ3n) is 5.22. The van der Waals surface area contributed by atoms with E-state index in [0.717, 1.165) is 15.2 Å². The van der Waals surface area contributed by atoms with Gasteiger partial charge >= 0.3 is 5.97 Å². The van der Waals surface area contributed by atoms with Gasteiger partial charge in [-0.25, -0.2) is 9.78 Å². The molecule has 2 aliphatic rings. The number of para-hydroxylation sites is 1. The fraction of sp³-hybridized carbons (Fsp3) is 0.348. The van der Waals surface area contributed by atoms with Crippen molar-refractivity contribution in [2.75, 3.05) is 0 Å². The number of rotatable bonds is 6. The molecule has 0 saturated carbocycles. The monoisotopic (exact) mass is 456 g/mol. The maximum Gasteiger partial charge on any atom is 0.326 e. The van der Waals surface area contributed by atoms with E-state index in [0.29, 0.717) is 11.3 Å². The molecule has 4 rings (SSSR count). The number of fused-ring (bicyclic) bond motifs is 2. The molecule has 1 amide bonds. The van der Waals surface area contributed by atoms with Crippen molar-refractivity contribution in [1.29, 1.82) is 0 Å². The maximum atomic E-state index is 13.1. The van der Waals surface area contributed by atoms with Crippen LogP contribution >= 0.6 is 23.1 Å². The zero-order valence-corrected chi connectivity index (χ0v) is 19.1. The van der Waals surface area contributed by atoms with E-state index in [1.54, 1.807) is 49.9 Å². The zero-order chi connectivity index (χ0) is 22.2. The first-order chi connectivity index (χ1) is 14.7. The predicted molar refractivity (Wildman–Crippen MR) is 124 cm³/mol. The lowest BCUT2D eigenvalue weighted by Gasteiger charge is -2.30. The Labute approximate surface area is 189 Å². The highest BCUT2D eigenvalue weighted by atomic mass is 32.2. The van der Waals surface area contributed by atoms with Crippen molar-refractivity contribution < 1.29 is 19.4 Å². The number of thiazole rings is 1. The van der Waals surface area contributed by atoms with Gasteiger partial charge in [0.05, 0.1) is 21.7 Å². The molecule has 2 heterocycles. The number of carbonyl (C=O) groups excluding carboxylic acids is 1. The van der Waals surface area contributed by atoms with Gasteiger partial charge in [0.2, 0.25) is 0 Å². The van der Waals surface area contributed by atoms with Crippen LogP contribution in [-0.4, -0.2) is 33.3 Å². The van der Waals surface area contributed by atoms with Gasteiger partial charge in [-0.05, 0) is 29.0 Å². The van der Waals surface area contributed by atoms with E-state index >= 15 is 0 Å². The number of carboxylic acids is 1. The van der Waals surface area contributed by atoms with Crippen molar-refractivity contribution in [3.05, 3.63) is 64.2 Å². The van der Waals surface area contributed by atoms with Crippen LogP contribution in [-0.2, 0) is 20.9 Å². The number of ether oxygens (including phenoxy) is 1. The Morgan fingerprint density at radius 3 is 2.74 bits per heavy atom. The number of allylic oxidation sites excluding steroid dienone is 1. The molecule has 3 atom stereocenters. The molecule has 0 saturated heterocycles. The van der Waals surface area contributed by atoms with Gasteiger partial charge in [-0.3, -0.25) is 4.79 Å². The molecule has 0 bridgehead atoms. The lowest BCUT2D eigenvalue weighted by atomic mass is 9.86. The molecule has 2 aromatic rings. The van der Waals surface area contributed by atoms with E-state index in [2.05, 4.69) is 10.3 Å². The van der Waals surface area contributed by atoms with Gasteiger partial charge in [0.25, 0.3) is 5.91 Å². The van der Waals surface area contributed by atoms with Crippen LogP contribution in [0, 0.1) is 11.3 Å². The Morgan fingerprint density at radius 1 is 1.26 bits per heavy atom. The van der Waals surface area contributed by atoms with Gasteiger partial charge in [0, 0.05) is 5.25 Å². The number of benzene rings is 1. The number of carbonyl (C=O) groups is 2. The second-order valence-electron chi connectivity index (χ2n) is 8.57. The number of thioether (sulfide) groups is 1. The van der Waals surface area contributed by atoms with Gasteiger partial charge < -0.3 is 15.2 Å². The third kappa shape index (κ3) is 4.55. The minimum atomic E-state index is -1.06. The van der Waals surface area contributed by atoms with Crippen LogP contribution < -0.4 is 5.32 Å². The summed E-state index contributed by atoms with van der Waals surface area (Å²) in [6.45, 7) is 5.61. The summed E-state index contributed by atoms with van der Waals surface area (Å²) in [6.07, 6.45) is 5.74. The second-order valence-corrected chi connectivity index (χ2v) is 10.8. The molecule has 0 fully saturated rings. The average molecular weight is 457 g/mol. The first-order valence-electron chi connectivity index (χ1n) is 9.99. The zero-order valence-electron chi connectivity index (χ0n) is 17.5. The molecule has 162 valence electrons. The molecule has 1 aromatic carbocycles. The number of carboxylic acid groups (broad SMARTS) is 1. The molecular formula is C23H24N2O4S2. The molecule has 8 heteroatoms. The van der Waals surface area contributed by atoms with Gasteiger partial charge in [0.1, 0.15) is 23.4 Å². The minimum absolute atomic E-state index is 0.0666. The van der Waals surface area contributed by atoms with Crippen molar-refractivity contribution in [2.45, 2.75) is 38.7 Å². The quantitative estimate of drug-likeness (QED) is 0.666. The molecule has 6 nitrogen and oxygen atoms in total. The van der Waals surface area contributed by atoms with E-state index in [9.17, 15) is 14.7 Å². The summed E-state index contributed by atoms with van der Waals surface area (Å²) in [5.41, 5.74) is 0.656. The SMILES string of the molecule is CC(C)(C)[C@H](NC(=O)C1=C(OCc2nc3ccccc3s2)C2C=CSC2C=C1)C(=O)O. The largest absolute Gasteiger partial charge is 0.489 e. The summed E-state index contributed by atoms with van der Waals surface area (Å²) in [6, 6.07) is 6.88. The molecule has 2 N–H and O–H groups in total. The number of hydrogen-bond donors (Lipinski definition) is 2. The number of aromatic nitrogens is 1. The predicted octanol–water partition coefficient (Wildman–Crippen LogP) is 4.50. The van der Waals surface area contributed by atoms with Crippen LogP contribution in [0.1, 0.15) is 25.8 Å². The summed E-state index contributed by atoms with van der Waals surface area (Å²) in [4.78, 5) is 29.4. The smallest absolute Gasteiger partial charge is 0.326 e. The van der Waals surface area contributed by atoms with Crippen LogP contribution in [0.25, 0.3) is 10.2 Å². The molecule has 0 radical (unpaired) electrons. The van der Waals surface area contributed by atoms with Crippen molar-refractivity contribution in [3.63, 3.8) is 0 Å². The maximum absolute atomic E-state index is 13.1. The third-order valence-corrected chi connectivity index (χ3v) is 7.31. The van der Waals surface area contributed by atoms with E-state index in [4.69, 9.17) is 4.74 Å². The van der Waals surface area contributed by atoms with Crippen molar-refractivity contribution in [3.8, 4) is 0 Å². The lowest BCUT2D eigenvalue weighted by Crippen LogP contribution is -2.49. The standard InChI is InChI=1S/C23H24N2O4S2/c1-23(2,3)20(22(27)28)25-21(26)14-8-9-16-13(10-11-30-16)19(14)29-12-18-24-15-6-4-5-7-17(15)31-18/h4-11,13,16,20H,12H2,1-3H3,(H,25,26)(H,27,28)/t13?,16?,20-/m1/s1. The average Bonchev–Trinajstić information content (AvgIpc) is 3.35. The van der Waals surface area contributed by atoms with Crippen LogP contribution in [0.15, 0.2) is 59.2 Å². The van der Waals surface area contributed by atoms with E-state index in [-0.39, 0.29) is 17.8 Å². The van der Waals surface area contributed by atoms with Crippen molar-refractivity contribution in [2.24, 2.45) is 11.3 Å². The highest BCUT2D eigenvalue weighted by Gasteiger charge is 2.37. The molecule has 1 aromatic heterocycles. The Balaban J connectivity index is 1.60. The Kier molecular flexibility index (Phi) is 5.94. The fourth-order valence-corrected chi connectivity index (χ4v) is 5.48. The molecule has 1 aliphatic carbocycles. The van der Waals surface area contributed by atoms with E-state index in [1.807, 2.05) is 41.8 Å². The summed E-state index contributed by atoms with van der Waals surface area (Å²) in [5, 5.41) is 15.3. The Morgan fingerprint density at radius 2 is 2.03 bits per heavy atom. The molecule has 31 heavy (non-hydrogen) atoms. The molecule has 2 unspecified atom stereocenters. The molecule has 1 aliphatic heterocycles. The number of hydrogen-bond acceptors (Lipinski definition) is 6. The van der Waals surface area contributed by atoms with Crippen LogP contribution in [0.3, 0.4) is 0 Å². The fourth-order valence-electron chi connectivity index (χ4n) is 3.61. The number of aliphatic carboxylic acids is 1. The Bertz CT molecular complexity index is 1080. The molecule has 0 spiro atoms. The summed E-state index contributed by atoms with van der Waals surface area (Å²) >= 11 is 3.23. The minimum Gasteiger partial charge on any atom is -0.489 e. The second kappa shape index (κ2) is 8.51. The number of amides is 1. The number of nitrogens with one attached hydrogen (secondary N) is 1. The first-order valence-corrected chi connectivity index (χ1v) is 11.8. The van der Waals surface area contributed by atoms with Crippen LogP contribution in [0.2, 0.25) is 0 Å². The summed E-state index contributed by atoms with van der Waals surface area (Å²) < 4.78 is 7.26. The number of nitrogens with zero attached hydrogens (tertiary/aromatic N) is 1. The highest BCUT2D eigenvalue weighted by Crippen LogP contribution is 2.41. The van der Waals surface area contributed by atoms with E-state index in [1.165, 1.54) is 0 Å². The van der Waals surface area contributed by atoms with Crippen molar-refractivity contribution >= 4 is 45.2 Å². The van der Waals surface area contributed by atoms with Crippen LogP contribution in [0.4, 0.5) is 0 Å².